The molecule has 53 heavy (non-hydrogen) atoms. The van der Waals surface area contributed by atoms with Gasteiger partial charge in [-0.05, 0) is 70.6 Å². The van der Waals surface area contributed by atoms with Crippen molar-refractivity contribution in [1.82, 2.24) is 0 Å². The molecular weight excluding hydrogens is 661 g/mol. The Morgan fingerprint density at radius 3 is 1.15 bits per heavy atom. The van der Waals surface area contributed by atoms with Gasteiger partial charge in [0.25, 0.3) is 0 Å². The predicted octanol–water partition coefficient (Wildman–Crippen LogP) is 13.5. The molecule has 0 aliphatic rings. The van der Waals surface area contributed by atoms with Crippen LogP contribution in [-0.2, 0) is 28.6 Å². The summed E-state index contributed by atoms with van der Waals surface area (Å²) in [5, 5.41) is 0. The van der Waals surface area contributed by atoms with Crippen LogP contribution in [0.15, 0.2) is 72.9 Å². The van der Waals surface area contributed by atoms with E-state index in [4.69, 9.17) is 14.2 Å². The van der Waals surface area contributed by atoms with Crippen molar-refractivity contribution in [3.63, 3.8) is 0 Å². The summed E-state index contributed by atoms with van der Waals surface area (Å²) in [7, 11) is 0. The highest BCUT2D eigenvalue weighted by Gasteiger charge is 2.19. The third-order valence-corrected chi connectivity index (χ3v) is 8.71. The number of carbonyl (C=O) groups is 3. The predicted molar refractivity (Wildman–Crippen MR) is 224 cm³/mol. The standard InChI is InChI=1S/C47H78O6/c1-4-7-10-13-16-19-22-23-26-28-31-34-37-40-46(49)52-43-44(53-47(50)41-38-35-32-29-25-21-18-15-12-9-6-3)42-51-45(48)39-36-33-30-27-24-20-17-14-11-8-5-2/h8-9,11-12,17-18,20-21,27,29-30,32,44H,4-7,10,13-16,19,22-26,28,31,33-43H2,1-3H3/b11-8-,12-9-,20-17-,21-18-,30-27-,32-29-. The lowest BCUT2D eigenvalue weighted by molar-refractivity contribution is -0.167. The molecule has 0 aromatic heterocycles. The fourth-order valence-electron chi connectivity index (χ4n) is 5.55. The van der Waals surface area contributed by atoms with Gasteiger partial charge in [-0.15, -0.1) is 0 Å². The van der Waals surface area contributed by atoms with Crippen LogP contribution in [-0.4, -0.2) is 37.2 Å². The van der Waals surface area contributed by atoms with Crippen LogP contribution < -0.4 is 0 Å². The Kier molecular flexibility index (Phi) is 39.1. The Morgan fingerprint density at radius 2 is 0.736 bits per heavy atom. The summed E-state index contributed by atoms with van der Waals surface area (Å²) in [5.41, 5.74) is 0. The number of carbonyl (C=O) groups excluding carboxylic acids is 3. The number of esters is 3. The van der Waals surface area contributed by atoms with Crippen molar-refractivity contribution < 1.29 is 28.6 Å². The topological polar surface area (TPSA) is 78.9 Å². The van der Waals surface area contributed by atoms with Gasteiger partial charge in [-0.2, -0.15) is 0 Å². The third kappa shape index (κ3) is 39.9. The van der Waals surface area contributed by atoms with E-state index in [1.807, 2.05) is 0 Å². The Labute approximate surface area is 325 Å². The smallest absolute Gasteiger partial charge is 0.306 e. The fourth-order valence-corrected chi connectivity index (χ4v) is 5.55. The van der Waals surface area contributed by atoms with Gasteiger partial charge >= 0.3 is 17.9 Å². The molecule has 1 unspecified atom stereocenters. The molecule has 0 heterocycles. The molecule has 0 bridgehead atoms. The number of unbranched alkanes of at least 4 members (excludes halogenated alkanes) is 14. The normalized spacial score (nSPS) is 12.7. The molecular formula is C47H78O6. The summed E-state index contributed by atoms with van der Waals surface area (Å²) in [6.45, 7) is 6.28. The Hall–Kier alpha value is -3.15. The Balaban J connectivity index is 4.50. The van der Waals surface area contributed by atoms with Gasteiger partial charge < -0.3 is 14.2 Å². The summed E-state index contributed by atoms with van der Waals surface area (Å²) in [6.07, 6.45) is 50.5. The highest BCUT2D eigenvalue weighted by atomic mass is 16.6. The van der Waals surface area contributed by atoms with Crippen LogP contribution in [0.5, 0.6) is 0 Å². The number of hydrogen-bond acceptors (Lipinski definition) is 6. The van der Waals surface area contributed by atoms with Gasteiger partial charge in [0.1, 0.15) is 13.2 Å². The van der Waals surface area contributed by atoms with Crippen molar-refractivity contribution in [1.29, 1.82) is 0 Å². The average Bonchev–Trinajstić information content (AvgIpc) is 3.15. The lowest BCUT2D eigenvalue weighted by Crippen LogP contribution is -2.30. The SMILES string of the molecule is CC/C=C\C/C=C\C/C=C\CCCC(=O)OCC(COC(=O)CCCCCCCCCCCCCCC)OC(=O)CCC/C=C\C/C=C\C/C=C\CC. The second-order valence-corrected chi connectivity index (χ2v) is 13.8. The maximum absolute atomic E-state index is 12.6. The first kappa shape index (κ1) is 49.9. The molecule has 0 fully saturated rings. The van der Waals surface area contributed by atoms with Gasteiger partial charge in [0.15, 0.2) is 6.10 Å². The minimum Gasteiger partial charge on any atom is -0.462 e. The number of allylic oxidation sites excluding steroid dienone is 12. The van der Waals surface area contributed by atoms with E-state index in [1.165, 1.54) is 64.2 Å². The number of rotatable bonds is 37. The monoisotopic (exact) mass is 739 g/mol. The van der Waals surface area contributed by atoms with Gasteiger partial charge in [-0.1, -0.05) is 171 Å². The maximum atomic E-state index is 12.6. The molecule has 0 aromatic carbocycles. The van der Waals surface area contributed by atoms with Crippen LogP contribution in [0.25, 0.3) is 0 Å². The van der Waals surface area contributed by atoms with Crippen molar-refractivity contribution in [2.45, 2.75) is 194 Å². The Bertz CT molecular complexity index is 1030. The number of hydrogen-bond donors (Lipinski definition) is 0. The molecule has 0 aromatic rings. The average molecular weight is 739 g/mol. The third-order valence-electron chi connectivity index (χ3n) is 8.71. The second-order valence-electron chi connectivity index (χ2n) is 13.8. The lowest BCUT2D eigenvalue weighted by atomic mass is 10.0. The molecule has 0 saturated carbocycles. The molecule has 0 aliphatic heterocycles. The first-order valence-electron chi connectivity index (χ1n) is 21.4. The molecule has 0 aliphatic carbocycles. The largest absolute Gasteiger partial charge is 0.462 e. The highest BCUT2D eigenvalue weighted by molar-refractivity contribution is 5.71. The molecule has 0 spiro atoms. The molecule has 0 rings (SSSR count). The Morgan fingerprint density at radius 1 is 0.396 bits per heavy atom. The second kappa shape index (κ2) is 41.6. The lowest BCUT2D eigenvalue weighted by Gasteiger charge is -2.18. The molecule has 0 saturated heterocycles. The van der Waals surface area contributed by atoms with Gasteiger partial charge in [-0.25, -0.2) is 0 Å². The van der Waals surface area contributed by atoms with Crippen LogP contribution in [0.4, 0.5) is 0 Å². The van der Waals surface area contributed by atoms with Crippen molar-refractivity contribution in [2.24, 2.45) is 0 Å². The van der Waals surface area contributed by atoms with Crippen molar-refractivity contribution in [3.8, 4) is 0 Å². The van der Waals surface area contributed by atoms with Gasteiger partial charge in [-0.3, -0.25) is 14.4 Å². The van der Waals surface area contributed by atoms with Gasteiger partial charge in [0.05, 0.1) is 0 Å². The summed E-state index contributed by atoms with van der Waals surface area (Å²) in [4.78, 5) is 37.6. The molecule has 1 atom stereocenters. The van der Waals surface area contributed by atoms with E-state index in [0.717, 1.165) is 70.6 Å². The minimum atomic E-state index is -0.816. The fraction of sp³-hybridized carbons (Fsp3) is 0.681. The van der Waals surface area contributed by atoms with Gasteiger partial charge in [0.2, 0.25) is 0 Å². The van der Waals surface area contributed by atoms with E-state index in [2.05, 4.69) is 93.7 Å². The van der Waals surface area contributed by atoms with Crippen LogP contribution in [0.3, 0.4) is 0 Å². The number of ether oxygens (including phenoxy) is 3. The zero-order chi connectivity index (χ0) is 38.7. The molecule has 0 amide bonds. The van der Waals surface area contributed by atoms with E-state index in [9.17, 15) is 14.4 Å². The highest BCUT2D eigenvalue weighted by Crippen LogP contribution is 2.14. The summed E-state index contributed by atoms with van der Waals surface area (Å²) in [5.74, 6) is -1.03. The maximum Gasteiger partial charge on any atom is 0.306 e. The van der Waals surface area contributed by atoms with E-state index >= 15 is 0 Å². The van der Waals surface area contributed by atoms with Crippen LogP contribution in [0.2, 0.25) is 0 Å². The van der Waals surface area contributed by atoms with E-state index < -0.39 is 6.10 Å². The molecule has 6 heteroatoms. The van der Waals surface area contributed by atoms with Crippen molar-refractivity contribution in [3.05, 3.63) is 72.9 Å². The van der Waals surface area contributed by atoms with E-state index in [0.29, 0.717) is 19.3 Å². The molecule has 6 nitrogen and oxygen atoms in total. The molecule has 0 N–H and O–H groups in total. The van der Waals surface area contributed by atoms with Gasteiger partial charge in [0, 0.05) is 19.3 Å². The van der Waals surface area contributed by atoms with Crippen molar-refractivity contribution in [2.75, 3.05) is 13.2 Å². The zero-order valence-electron chi connectivity index (χ0n) is 34.3. The summed E-state index contributed by atoms with van der Waals surface area (Å²) in [6, 6.07) is 0. The zero-order valence-corrected chi connectivity index (χ0v) is 34.3. The summed E-state index contributed by atoms with van der Waals surface area (Å²) >= 11 is 0. The minimum absolute atomic E-state index is 0.111. The van der Waals surface area contributed by atoms with Crippen LogP contribution in [0, 0.1) is 0 Å². The first-order chi connectivity index (χ1) is 26.0. The van der Waals surface area contributed by atoms with Crippen LogP contribution in [0.1, 0.15) is 188 Å². The van der Waals surface area contributed by atoms with Crippen molar-refractivity contribution >= 4 is 17.9 Å². The van der Waals surface area contributed by atoms with E-state index in [-0.39, 0.29) is 44.0 Å². The van der Waals surface area contributed by atoms with Crippen LogP contribution >= 0.6 is 0 Å². The molecule has 302 valence electrons. The first-order valence-corrected chi connectivity index (χ1v) is 21.4. The molecule has 0 radical (unpaired) electrons. The van der Waals surface area contributed by atoms with E-state index in [1.54, 1.807) is 0 Å². The summed E-state index contributed by atoms with van der Waals surface area (Å²) < 4.78 is 16.6. The quantitative estimate of drug-likeness (QED) is 0.0273.